The van der Waals surface area contributed by atoms with Crippen LogP contribution in [0.1, 0.15) is 25.7 Å². The third-order valence-electron chi connectivity index (χ3n) is 2.23. The molecule has 0 fully saturated rings. The Morgan fingerprint density at radius 3 is 2.94 bits per heavy atom. The van der Waals surface area contributed by atoms with E-state index in [1.165, 1.54) is 0 Å². The summed E-state index contributed by atoms with van der Waals surface area (Å²) in [5.74, 6) is 0.154. The molecule has 0 radical (unpaired) electrons. The summed E-state index contributed by atoms with van der Waals surface area (Å²) in [5, 5.41) is 7.97. The number of carbonyl (C=O) groups is 1. The number of aryl methyl sites for hydroxylation is 1. The van der Waals surface area contributed by atoms with Crippen molar-refractivity contribution in [3.63, 3.8) is 0 Å². The molecule has 4 nitrogen and oxygen atoms in total. The van der Waals surface area contributed by atoms with E-state index in [4.69, 9.17) is 0 Å². The number of carbonyl (C=O) groups excluding carboxylic acids is 1. The monoisotopic (exact) mass is 287 g/mol. The van der Waals surface area contributed by atoms with Gasteiger partial charge in [0.15, 0.2) is 0 Å². The van der Waals surface area contributed by atoms with Crippen LogP contribution in [0.2, 0.25) is 0 Å². The van der Waals surface area contributed by atoms with Gasteiger partial charge in [-0.3, -0.25) is 9.48 Å². The minimum Gasteiger partial charge on any atom is -0.356 e. The SMILES string of the molecule is O=C(CCCCBr)NCCCn1cccn1. The molecule has 5 heteroatoms. The van der Waals surface area contributed by atoms with Crippen molar-refractivity contribution in [3.05, 3.63) is 18.5 Å². The number of nitrogens with zero attached hydrogens (tertiary/aromatic N) is 2. The van der Waals surface area contributed by atoms with E-state index in [9.17, 15) is 4.79 Å². The number of amides is 1. The Labute approximate surface area is 105 Å². The first-order valence-corrected chi connectivity index (χ1v) is 6.75. The van der Waals surface area contributed by atoms with Gasteiger partial charge in [0.05, 0.1) is 0 Å². The van der Waals surface area contributed by atoms with Crippen LogP contribution < -0.4 is 5.32 Å². The highest BCUT2D eigenvalue weighted by atomic mass is 79.9. The lowest BCUT2D eigenvalue weighted by Gasteiger charge is -2.04. The highest BCUT2D eigenvalue weighted by Gasteiger charge is 1.99. The number of hydrogen-bond acceptors (Lipinski definition) is 2. The maximum atomic E-state index is 11.3. The molecule has 0 atom stereocenters. The summed E-state index contributed by atoms with van der Waals surface area (Å²) in [6.45, 7) is 1.59. The predicted molar refractivity (Wildman–Crippen MR) is 67.5 cm³/mol. The van der Waals surface area contributed by atoms with E-state index in [1.54, 1.807) is 6.20 Å². The van der Waals surface area contributed by atoms with Crippen molar-refractivity contribution in [2.45, 2.75) is 32.2 Å². The molecule has 0 bridgehead atoms. The lowest BCUT2D eigenvalue weighted by molar-refractivity contribution is -0.121. The van der Waals surface area contributed by atoms with Crippen LogP contribution in [0.25, 0.3) is 0 Å². The molecule has 0 aromatic carbocycles. The second kappa shape index (κ2) is 8.33. The zero-order chi connectivity index (χ0) is 11.6. The molecule has 1 aromatic rings. The molecular weight excluding hydrogens is 270 g/mol. The molecule has 0 saturated heterocycles. The van der Waals surface area contributed by atoms with Crippen molar-refractivity contribution >= 4 is 21.8 Å². The Morgan fingerprint density at radius 1 is 1.38 bits per heavy atom. The van der Waals surface area contributed by atoms with Gasteiger partial charge in [-0.1, -0.05) is 15.9 Å². The summed E-state index contributed by atoms with van der Waals surface area (Å²) in [7, 11) is 0. The van der Waals surface area contributed by atoms with Gasteiger partial charge >= 0.3 is 0 Å². The topological polar surface area (TPSA) is 46.9 Å². The molecule has 0 aliphatic rings. The molecule has 16 heavy (non-hydrogen) atoms. The van der Waals surface area contributed by atoms with Crippen LogP contribution in [-0.4, -0.2) is 27.6 Å². The van der Waals surface area contributed by atoms with E-state index in [-0.39, 0.29) is 5.91 Å². The zero-order valence-electron chi connectivity index (χ0n) is 9.36. The summed E-state index contributed by atoms with van der Waals surface area (Å²) in [5.41, 5.74) is 0. The molecule has 1 N–H and O–H groups in total. The second-order valence-electron chi connectivity index (χ2n) is 3.62. The number of aromatic nitrogens is 2. The van der Waals surface area contributed by atoms with Crippen molar-refractivity contribution < 1.29 is 4.79 Å². The summed E-state index contributed by atoms with van der Waals surface area (Å²) in [6.07, 6.45) is 7.26. The predicted octanol–water partition coefficient (Wildman–Crippen LogP) is 1.95. The number of halogens is 1. The number of alkyl halides is 1. The van der Waals surface area contributed by atoms with Crippen LogP contribution in [0.4, 0.5) is 0 Å². The van der Waals surface area contributed by atoms with Crippen LogP contribution in [0, 0.1) is 0 Å². The number of hydrogen-bond donors (Lipinski definition) is 1. The minimum atomic E-state index is 0.154. The number of rotatable bonds is 8. The summed E-state index contributed by atoms with van der Waals surface area (Å²) in [6, 6.07) is 1.90. The van der Waals surface area contributed by atoms with Crippen molar-refractivity contribution in [1.29, 1.82) is 0 Å². The van der Waals surface area contributed by atoms with Crippen molar-refractivity contribution in [3.8, 4) is 0 Å². The Hall–Kier alpha value is -0.840. The maximum Gasteiger partial charge on any atom is 0.219 e. The van der Waals surface area contributed by atoms with Gasteiger partial charge < -0.3 is 5.32 Å². The molecule has 90 valence electrons. The van der Waals surface area contributed by atoms with Crippen LogP contribution in [0.5, 0.6) is 0 Å². The molecule has 0 saturated carbocycles. The van der Waals surface area contributed by atoms with E-state index in [0.717, 1.165) is 37.7 Å². The Balaban J connectivity index is 1.96. The fourth-order valence-electron chi connectivity index (χ4n) is 1.37. The maximum absolute atomic E-state index is 11.3. The molecule has 0 unspecified atom stereocenters. The zero-order valence-corrected chi connectivity index (χ0v) is 10.9. The molecule has 1 heterocycles. The van der Waals surface area contributed by atoms with Gasteiger partial charge in [-0.2, -0.15) is 5.10 Å². The highest BCUT2D eigenvalue weighted by molar-refractivity contribution is 9.09. The molecule has 0 aliphatic heterocycles. The van der Waals surface area contributed by atoms with Crippen LogP contribution in [0.3, 0.4) is 0 Å². The number of unbranched alkanes of at least 4 members (excludes halogenated alkanes) is 1. The van der Waals surface area contributed by atoms with Crippen LogP contribution >= 0.6 is 15.9 Å². The largest absolute Gasteiger partial charge is 0.356 e. The third kappa shape index (κ3) is 5.90. The van der Waals surface area contributed by atoms with Gasteiger partial charge in [0.1, 0.15) is 0 Å². The lowest BCUT2D eigenvalue weighted by Crippen LogP contribution is -2.24. The van der Waals surface area contributed by atoms with E-state index < -0.39 is 0 Å². The van der Waals surface area contributed by atoms with Gasteiger partial charge in [0, 0.05) is 37.2 Å². The van der Waals surface area contributed by atoms with Crippen LogP contribution in [-0.2, 0) is 11.3 Å². The lowest BCUT2D eigenvalue weighted by atomic mass is 10.2. The van der Waals surface area contributed by atoms with E-state index >= 15 is 0 Å². The minimum absolute atomic E-state index is 0.154. The molecule has 0 aliphatic carbocycles. The smallest absolute Gasteiger partial charge is 0.219 e. The van der Waals surface area contributed by atoms with Gasteiger partial charge in [0.25, 0.3) is 0 Å². The van der Waals surface area contributed by atoms with Gasteiger partial charge in [0.2, 0.25) is 5.91 Å². The summed E-state index contributed by atoms with van der Waals surface area (Å²) < 4.78 is 1.87. The third-order valence-corrected chi connectivity index (χ3v) is 2.79. The highest BCUT2D eigenvalue weighted by Crippen LogP contribution is 1.98. The Kier molecular flexibility index (Phi) is 6.88. The van der Waals surface area contributed by atoms with E-state index in [1.807, 2.05) is 16.9 Å². The van der Waals surface area contributed by atoms with Gasteiger partial charge in [-0.15, -0.1) is 0 Å². The Morgan fingerprint density at radius 2 is 2.25 bits per heavy atom. The van der Waals surface area contributed by atoms with E-state index in [2.05, 4.69) is 26.3 Å². The van der Waals surface area contributed by atoms with Gasteiger partial charge in [-0.25, -0.2) is 0 Å². The fraction of sp³-hybridized carbons (Fsp3) is 0.636. The van der Waals surface area contributed by atoms with Gasteiger partial charge in [-0.05, 0) is 25.3 Å². The second-order valence-corrected chi connectivity index (χ2v) is 4.41. The first kappa shape index (κ1) is 13.2. The molecule has 1 rings (SSSR count). The fourth-order valence-corrected chi connectivity index (χ4v) is 1.77. The molecule has 1 amide bonds. The quantitative estimate of drug-likeness (QED) is 0.587. The standard InChI is InChI=1S/C11H18BrN3O/c12-6-2-1-5-11(16)13-7-3-9-15-10-4-8-14-15/h4,8,10H,1-3,5-7,9H2,(H,13,16). The first-order chi connectivity index (χ1) is 7.83. The number of nitrogens with one attached hydrogen (secondary N) is 1. The molecule has 0 spiro atoms. The molecule has 1 aromatic heterocycles. The average Bonchev–Trinajstić information content (AvgIpc) is 2.78. The normalized spacial score (nSPS) is 10.3. The van der Waals surface area contributed by atoms with Crippen molar-refractivity contribution in [1.82, 2.24) is 15.1 Å². The van der Waals surface area contributed by atoms with Crippen molar-refractivity contribution in [2.24, 2.45) is 0 Å². The van der Waals surface area contributed by atoms with E-state index in [0.29, 0.717) is 6.42 Å². The molecular formula is C11H18BrN3O. The first-order valence-electron chi connectivity index (χ1n) is 5.63. The average molecular weight is 288 g/mol. The Bertz CT molecular complexity index is 287. The summed E-state index contributed by atoms with van der Waals surface area (Å²) in [4.78, 5) is 11.3. The summed E-state index contributed by atoms with van der Waals surface area (Å²) >= 11 is 3.34. The van der Waals surface area contributed by atoms with Crippen molar-refractivity contribution in [2.75, 3.05) is 11.9 Å². The van der Waals surface area contributed by atoms with Crippen LogP contribution in [0.15, 0.2) is 18.5 Å².